The zero-order chi connectivity index (χ0) is 12.9. The highest BCUT2D eigenvalue weighted by Gasteiger charge is 2.45. The summed E-state index contributed by atoms with van der Waals surface area (Å²) in [5.41, 5.74) is 2.34. The van der Waals surface area contributed by atoms with Crippen molar-refractivity contribution in [1.29, 1.82) is 0 Å². The van der Waals surface area contributed by atoms with Crippen molar-refractivity contribution in [1.82, 2.24) is 0 Å². The highest BCUT2D eigenvalue weighted by atomic mass is 28.4. The molecule has 0 N–H and O–H groups in total. The van der Waals surface area contributed by atoms with Crippen molar-refractivity contribution in [2.75, 3.05) is 21.3 Å². The van der Waals surface area contributed by atoms with E-state index >= 15 is 0 Å². The first kappa shape index (κ1) is 14.1. The average Bonchev–Trinajstić information content (AvgIpc) is 2.41. The molecule has 0 bridgehead atoms. The van der Waals surface area contributed by atoms with Crippen LogP contribution in [-0.4, -0.2) is 30.1 Å². The topological polar surface area (TPSA) is 27.7 Å². The van der Waals surface area contributed by atoms with Gasteiger partial charge in [-0.15, -0.1) is 0 Å². The summed E-state index contributed by atoms with van der Waals surface area (Å²) in [5, 5.41) is 0. The molecule has 1 aromatic carbocycles. The van der Waals surface area contributed by atoms with Gasteiger partial charge in [0.05, 0.1) is 5.54 Å². The summed E-state index contributed by atoms with van der Waals surface area (Å²) in [7, 11) is 2.28. The molecular weight excluding hydrogens is 232 g/mol. The van der Waals surface area contributed by atoms with E-state index in [9.17, 15) is 0 Å². The summed E-state index contributed by atoms with van der Waals surface area (Å²) >= 11 is 0. The summed E-state index contributed by atoms with van der Waals surface area (Å²) in [6, 6.07) is 8.17. The molecule has 0 aliphatic rings. The smallest absolute Gasteiger partial charge is 0.376 e. The van der Waals surface area contributed by atoms with Crippen molar-refractivity contribution in [3.05, 3.63) is 42.0 Å². The van der Waals surface area contributed by atoms with E-state index in [0.717, 1.165) is 11.1 Å². The maximum Gasteiger partial charge on any atom is 0.507 e. The lowest BCUT2D eigenvalue weighted by atomic mass is 10.1. The van der Waals surface area contributed by atoms with Crippen LogP contribution in [0.5, 0.6) is 0 Å². The lowest BCUT2D eigenvalue weighted by molar-refractivity contribution is 0.114. The van der Waals surface area contributed by atoms with Crippen LogP contribution in [-0.2, 0) is 13.3 Å². The quantitative estimate of drug-likeness (QED) is 0.729. The summed E-state index contributed by atoms with van der Waals surface area (Å²) in [4.78, 5) is 0. The fourth-order valence-corrected chi connectivity index (χ4v) is 4.07. The Morgan fingerprint density at radius 2 is 1.53 bits per heavy atom. The summed E-state index contributed by atoms with van der Waals surface area (Å²) in [5.74, 6) is 0. The van der Waals surface area contributed by atoms with Gasteiger partial charge < -0.3 is 13.3 Å². The van der Waals surface area contributed by atoms with E-state index < -0.39 is 8.80 Å². The van der Waals surface area contributed by atoms with Gasteiger partial charge in [0.1, 0.15) is 0 Å². The predicted molar refractivity (Wildman–Crippen MR) is 71.7 cm³/mol. The molecule has 0 aliphatic carbocycles. The molecule has 1 aromatic rings. The second-order valence-corrected chi connectivity index (χ2v) is 7.11. The van der Waals surface area contributed by atoms with Crippen LogP contribution in [0.15, 0.2) is 30.8 Å². The Bertz CT molecular complexity index is 349. The average molecular weight is 252 g/mol. The zero-order valence-corrected chi connectivity index (χ0v) is 11.9. The zero-order valence-electron chi connectivity index (χ0n) is 10.9. The van der Waals surface area contributed by atoms with Crippen LogP contribution in [0.4, 0.5) is 0 Å². The van der Waals surface area contributed by atoms with Gasteiger partial charge in [0.25, 0.3) is 0 Å². The standard InChI is InChI=1S/C13H20O3Si/c1-6-12-7-9-13(10-8-12)11(2)17(14-3,15-4)16-5/h6-11H,1H2,2-5H3/t11-/m0/s1. The fourth-order valence-electron chi connectivity index (χ4n) is 1.91. The summed E-state index contributed by atoms with van der Waals surface area (Å²) < 4.78 is 16.4. The van der Waals surface area contributed by atoms with E-state index in [1.807, 2.05) is 18.2 Å². The third-order valence-electron chi connectivity index (χ3n) is 3.06. The first-order valence-electron chi connectivity index (χ1n) is 5.51. The van der Waals surface area contributed by atoms with Gasteiger partial charge in [0.15, 0.2) is 0 Å². The van der Waals surface area contributed by atoms with Crippen molar-refractivity contribution in [3.8, 4) is 0 Å². The third-order valence-corrected chi connectivity index (χ3v) is 6.16. The minimum Gasteiger partial charge on any atom is -0.376 e. The molecule has 3 nitrogen and oxygen atoms in total. The molecule has 17 heavy (non-hydrogen) atoms. The van der Waals surface area contributed by atoms with Crippen LogP contribution < -0.4 is 0 Å². The Labute approximate surface area is 104 Å². The molecule has 0 amide bonds. The molecule has 0 fully saturated rings. The van der Waals surface area contributed by atoms with Crippen LogP contribution in [0.25, 0.3) is 6.08 Å². The van der Waals surface area contributed by atoms with Gasteiger partial charge in [-0.3, -0.25) is 0 Å². The summed E-state index contributed by atoms with van der Waals surface area (Å²) in [6.45, 7) is 5.80. The van der Waals surface area contributed by atoms with Crippen molar-refractivity contribution < 1.29 is 13.3 Å². The van der Waals surface area contributed by atoms with Gasteiger partial charge in [-0.1, -0.05) is 43.8 Å². The van der Waals surface area contributed by atoms with Crippen molar-refractivity contribution >= 4 is 14.9 Å². The highest BCUT2D eigenvalue weighted by Crippen LogP contribution is 2.28. The monoisotopic (exact) mass is 252 g/mol. The largest absolute Gasteiger partial charge is 0.507 e. The number of hydrogen-bond acceptors (Lipinski definition) is 3. The van der Waals surface area contributed by atoms with E-state index in [4.69, 9.17) is 13.3 Å². The Balaban J connectivity index is 3.00. The van der Waals surface area contributed by atoms with Crippen LogP contribution in [0.2, 0.25) is 0 Å². The maximum atomic E-state index is 5.48. The van der Waals surface area contributed by atoms with E-state index in [-0.39, 0.29) is 5.54 Å². The molecular formula is C13H20O3Si. The molecule has 0 aliphatic heterocycles. The molecule has 1 rings (SSSR count). The second kappa shape index (κ2) is 6.12. The molecule has 0 radical (unpaired) electrons. The summed E-state index contributed by atoms with van der Waals surface area (Å²) in [6.07, 6.45) is 1.82. The molecule has 0 saturated heterocycles. The highest BCUT2D eigenvalue weighted by molar-refractivity contribution is 6.62. The normalized spacial score (nSPS) is 13.4. The minimum absolute atomic E-state index is 0.0985. The van der Waals surface area contributed by atoms with Gasteiger partial charge in [0.2, 0.25) is 0 Å². The van der Waals surface area contributed by atoms with Gasteiger partial charge in [-0.2, -0.15) is 0 Å². The first-order valence-corrected chi connectivity index (χ1v) is 7.31. The van der Waals surface area contributed by atoms with Gasteiger partial charge >= 0.3 is 8.80 Å². The fraction of sp³-hybridized carbons (Fsp3) is 0.385. The van der Waals surface area contributed by atoms with Crippen molar-refractivity contribution in [3.63, 3.8) is 0 Å². The molecule has 94 valence electrons. The van der Waals surface area contributed by atoms with Crippen molar-refractivity contribution in [2.45, 2.75) is 12.5 Å². The molecule has 0 aromatic heterocycles. The van der Waals surface area contributed by atoms with Crippen LogP contribution in [0.3, 0.4) is 0 Å². The second-order valence-electron chi connectivity index (χ2n) is 3.81. The number of hydrogen-bond donors (Lipinski definition) is 0. The Hall–Kier alpha value is -0.943. The van der Waals surface area contributed by atoms with Crippen LogP contribution >= 0.6 is 0 Å². The van der Waals surface area contributed by atoms with Gasteiger partial charge in [-0.05, 0) is 11.1 Å². The van der Waals surface area contributed by atoms with Gasteiger partial charge in [0, 0.05) is 21.3 Å². The SMILES string of the molecule is C=Cc1ccc([C@H](C)[Si](OC)(OC)OC)cc1. The number of rotatable bonds is 6. The maximum absolute atomic E-state index is 5.48. The molecule has 0 heterocycles. The van der Waals surface area contributed by atoms with Crippen LogP contribution in [0.1, 0.15) is 23.6 Å². The van der Waals surface area contributed by atoms with E-state index in [1.165, 1.54) is 0 Å². The molecule has 0 unspecified atom stereocenters. The Morgan fingerprint density at radius 3 is 1.88 bits per heavy atom. The lowest BCUT2D eigenvalue weighted by Crippen LogP contribution is -2.48. The van der Waals surface area contributed by atoms with E-state index in [2.05, 4.69) is 25.6 Å². The van der Waals surface area contributed by atoms with Crippen molar-refractivity contribution in [2.24, 2.45) is 0 Å². The minimum atomic E-state index is -2.62. The molecule has 0 saturated carbocycles. The molecule has 4 heteroatoms. The van der Waals surface area contributed by atoms with Crippen LogP contribution in [0, 0.1) is 0 Å². The first-order chi connectivity index (χ1) is 8.13. The lowest BCUT2D eigenvalue weighted by Gasteiger charge is -2.30. The van der Waals surface area contributed by atoms with Gasteiger partial charge in [-0.25, -0.2) is 0 Å². The van der Waals surface area contributed by atoms with E-state index in [0.29, 0.717) is 0 Å². The third kappa shape index (κ3) is 2.84. The molecule has 0 spiro atoms. The number of benzene rings is 1. The molecule has 1 atom stereocenters. The Kier molecular flexibility index (Phi) is 5.08. The van der Waals surface area contributed by atoms with E-state index in [1.54, 1.807) is 21.3 Å². The predicted octanol–water partition coefficient (Wildman–Crippen LogP) is 2.85. The Morgan fingerprint density at radius 1 is 1.06 bits per heavy atom.